The van der Waals surface area contributed by atoms with E-state index in [1.54, 1.807) is 0 Å². The first-order valence-electron chi connectivity index (χ1n) is 17.2. The summed E-state index contributed by atoms with van der Waals surface area (Å²) in [5, 5.41) is 145. The van der Waals surface area contributed by atoms with Crippen LogP contribution < -0.4 is 19.6 Å². The van der Waals surface area contributed by atoms with Gasteiger partial charge in [-0.15, -0.1) is 0 Å². The average molecular weight is 819 g/mol. The van der Waals surface area contributed by atoms with E-state index in [2.05, 4.69) is 0 Å². The van der Waals surface area contributed by atoms with Gasteiger partial charge in [-0.2, -0.15) is 0 Å². The lowest BCUT2D eigenvalue weighted by Gasteiger charge is -2.45. The maximum atomic E-state index is 14.3. The Hall–Kier alpha value is -4.15. The molecule has 3 saturated heterocycles. The molecule has 3 aliphatic heterocycles. The van der Waals surface area contributed by atoms with Crippen LogP contribution in [-0.4, -0.2) is 191 Å². The van der Waals surface area contributed by atoms with Crippen molar-refractivity contribution in [1.82, 2.24) is 0 Å². The number of aliphatic hydroxyl groups is 11. The van der Waals surface area contributed by atoms with Gasteiger partial charge in [0.2, 0.25) is 29.5 Å². The number of hydrogen-bond acceptors (Lipinski definition) is 23. The minimum Gasteiger partial charge on any atom is -0.508 e. The number of methoxy groups -OCH3 is 1. The van der Waals surface area contributed by atoms with Gasteiger partial charge in [0, 0.05) is 17.7 Å². The molecule has 3 aliphatic rings. The quantitative estimate of drug-likeness (QED) is 0.0859. The van der Waals surface area contributed by atoms with Gasteiger partial charge in [-0.05, 0) is 12.1 Å². The van der Waals surface area contributed by atoms with Gasteiger partial charge in [-0.25, -0.2) is 0 Å². The summed E-state index contributed by atoms with van der Waals surface area (Å²) in [5.74, 6) is -4.61. The molecule has 23 heteroatoms. The lowest BCUT2D eigenvalue weighted by molar-refractivity contribution is -0.358. The molecule has 0 spiro atoms. The Kier molecular flexibility index (Phi) is 12.6. The van der Waals surface area contributed by atoms with E-state index >= 15 is 0 Å². The molecule has 316 valence electrons. The monoisotopic (exact) mass is 818 g/mol. The van der Waals surface area contributed by atoms with E-state index in [1.165, 1.54) is 0 Å². The van der Waals surface area contributed by atoms with E-state index in [1.807, 2.05) is 0 Å². The number of benzene rings is 2. The van der Waals surface area contributed by atoms with Crippen LogP contribution in [0.3, 0.4) is 0 Å². The fourth-order valence-electron chi connectivity index (χ4n) is 6.56. The Labute approximate surface area is 319 Å². The van der Waals surface area contributed by atoms with Gasteiger partial charge in [0.25, 0.3) is 0 Å². The van der Waals surface area contributed by atoms with Crippen molar-refractivity contribution in [2.75, 3.05) is 26.9 Å². The normalized spacial score (nSPS) is 35.9. The highest BCUT2D eigenvalue weighted by Crippen LogP contribution is 2.45. The molecule has 3 fully saturated rings. The van der Waals surface area contributed by atoms with Crippen LogP contribution in [0, 0.1) is 0 Å². The van der Waals surface area contributed by atoms with Crippen molar-refractivity contribution < 1.29 is 109 Å². The summed E-state index contributed by atoms with van der Waals surface area (Å²) >= 11 is 0. The maximum absolute atomic E-state index is 14.3. The standard InChI is InChI=1S/C34H42O23/c1-50-13-2-9(3-14(19(13)40)52-32-27(48)24(45)20(41)15(6-35)53-32)29-30(23(44)18-11(39)4-10(38)5-12(18)51-29)56-34-31(26(47)22(43)17(8-37)55-34)57-33-28(49)25(46)21(42)16(7-36)54-33/h2-5,15-17,20-22,24-28,31-43,45-49H,6-8H2,1H3. The molecule has 15 atom stereocenters. The van der Waals surface area contributed by atoms with Gasteiger partial charge in [0.15, 0.2) is 29.7 Å². The van der Waals surface area contributed by atoms with Crippen LogP contribution in [0.1, 0.15) is 0 Å². The van der Waals surface area contributed by atoms with Crippen LogP contribution in [0.2, 0.25) is 0 Å². The Balaban J connectivity index is 1.47. The Bertz CT molecular complexity index is 1940. The molecule has 14 N–H and O–H groups in total. The number of rotatable bonds is 11. The molecular weight excluding hydrogens is 776 g/mol. The fraction of sp³-hybridized carbons (Fsp3) is 0.559. The summed E-state index contributed by atoms with van der Waals surface area (Å²) in [6.07, 6.45) is -27.9. The summed E-state index contributed by atoms with van der Waals surface area (Å²) in [7, 11) is 1.11. The van der Waals surface area contributed by atoms with Crippen molar-refractivity contribution in [3.8, 4) is 45.8 Å². The molecule has 0 saturated carbocycles. The molecule has 15 unspecified atom stereocenters. The number of hydrogen-bond donors (Lipinski definition) is 14. The molecule has 1 aromatic heterocycles. The van der Waals surface area contributed by atoms with Crippen LogP contribution in [-0.2, 0) is 18.9 Å². The van der Waals surface area contributed by atoms with E-state index in [-0.39, 0.29) is 5.56 Å². The summed E-state index contributed by atoms with van der Waals surface area (Å²) in [6.45, 7) is -2.64. The number of ether oxygens (including phenoxy) is 7. The number of aromatic hydroxyl groups is 3. The SMILES string of the molecule is COc1cc(-c2oc3cc(O)cc(O)c3c(=O)c2OC2OC(CO)C(O)C(O)C2OC2OC(CO)C(O)C(O)C2O)cc(OC2OC(CO)C(O)C(O)C2O)c1O. The molecule has 3 aromatic rings. The third-order valence-corrected chi connectivity index (χ3v) is 9.73. The summed E-state index contributed by atoms with van der Waals surface area (Å²) in [5.41, 5.74) is -1.92. The largest absolute Gasteiger partial charge is 0.508 e. The zero-order valence-electron chi connectivity index (χ0n) is 29.5. The third kappa shape index (κ3) is 7.88. The van der Waals surface area contributed by atoms with Crippen molar-refractivity contribution in [2.24, 2.45) is 0 Å². The number of phenols is 3. The number of phenolic OH excluding ortho intramolecular Hbond substituents is 3. The second kappa shape index (κ2) is 17.0. The molecule has 0 aliphatic carbocycles. The summed E-state index contributed by atoms with van der Waals surface area (Å²) < 4.78 is 44.9. The third-order valence-electron chi connectivity index (χ3n) is 9.73. The number of aliphatic hydroxyl groups excluding tert-OH is 11. The highest BCUT2D eigenvalue weighted by molar-refractivity contribution is 5.88. The zero-order valence-corrected chi connectivity index (χ0v) is 29.5. The van der Waals surface area contributed by atoms with Crippen molar-refractivity contribution in [1.29, 1.82) is 0 Å². The second-order valence-corrected chi connectivity index (χ2v) is 13.4. The van der Waals surface area contributed by atoms with E-state index in [4.69, 9.17) is 37.6 Å². The van der Waals surface area contributed by atoms with Gasteiger partial charge < -0.3 is 109 Å². The van der Waals surface area contributed by atoms with E-state index < -0.39 is 169 Å². The molecule has 23 nitrogen and oxygen atoms in total. The minimum atomic E-state index is -2.09. The molecule has 0 bridgehead atoms. The van der Waals surface area contributed by atoms with Gasteiger partial charge in [-0.1, -0.05) is 0 Å². The van der Waals surface area contributed by atoms with Gasteiger partial charge in [-0.3, -0.25) is 4.79 Å². The molecular formula is C34H42O23. The van der Waals surface area contributed by atoms with E-state index in [9.17, 15) is 76.3 Å². The van der Waals surface area contributed by atoms with Gasteiger partial charge >= 0.3 is 0 Å². The van der Waals surface area contributed by atoms with Crippen LogP contribution >= 0.6 is 0 Å². The van der Waals surface area contributed by atoms with Crippen LogP contribution in [0.5, 0.6) is 34.5 Å². The number of fused-ring (bicyclic) bond motifs is 1. The molecule has 57 heavy (non-hydrogen) atoms. The zero-order chi connectivity index (χ0) is 41.6. The molecule has 2 aromatic carbocycles. The Morgan fingerprint density at radius 3 is 1.72 bits per heavy atom. The highest BCUT2D eigenvalue weighted by atomic mass is 16.8. The van der Waals surface area contributed by atoms with Crippen molar-refractivity contribution in [3.05, 3.63) is 34.5 Å². The van der Waals surface area contributed by atoms with Crippen molar-refractivity contribution in [3.63, 3.8) is 0 Å². The molecule has 0 radical (unpaired) electrons. The molecule has 0 amide bonds. The van der Waals surface area contributed by atoms with Crippen LogP contribution in [0.4, 0.5) is 0 Å². The average Bonchev–Trinajstić information content (AvgIpc) is 3.18. The van der Waals surface area contributed by atoms with Crippen LogP contribution in [0.25, 0.3) is 22.3 Å². The van der Waals surface area contributed by atoms with Crippen molar-refractivity contribution >= 4 is 11.0 Å². The first kappa shape index (κ1) is 42.5. The Morgan fingerprint density at radius 2 is 1.14 bits per heavy atom. The van der Waals surface area contributed by atoms with Crippen LogP contribution in [0.15, 0.2) is 33.5 Å². The first-order valence-corrected chi connectivity index (χ1v) is 17.2. The van der Waals surface area contributed by atoms with E-state index in [0.717, 1.165) is 31.4 Å². The lowest BCUT2D eigenvalue weighted by atomic mass is 9.97. The van der Waals surface area contributed by atoms with Crippen molar-refractivity contribution in [2.45, 2.75) is 92.1 Å². The summed E-state index contributed by atoms with van der Waals surface area (Å²) in [4.78, 5) is 14.3. The predicted octanol–water partition coefficient (Wildman–Crippen LogP) is -5.23. The lowest BCUT2D eigenvalue weighted by Crippen LogP contribution is -2.65. The maximum Gasteiger partial charge on any atom is 0.239 e. The Morgan fingerprint density at radius 1 is 0.614 bits per heavy atom. The van der Waals surface area contributed by atoms with E-state index in [0.29, 0.717) is 0 Å². The van der Waals surface area contributed by atoms with Gasteiger partial charge in [0.1, 0.15) is 89.6 Å². The molecule has 6 rings (SSSR count). The smallest absolute Gasteiger partial charge is 0.239 e. The molecule has 4 heterocycles. The highest BCUT2D eigenvalue weighted by Gasteiger charge is 2.52. The predicted molar refractivity (Wildman–Crippen MR) is 181 cm³/mol. The summed E-state index contributed by atoms with van der Waals surface area (Å²) in [6, 6.07) is 3.80. The fourth-order valence-corrected chi connectivity index (χ4v) is 6.56. The topological polar surface area (TPSA) is 378 Å². The second-order valence-electron chi connectivity index (χ2n) is 13.4. The minimum absolute atomic E-state index is 0.275. The first-order chi connectivity index (χ1) is 27.0. The van der Waals surface area contributed by atoms with Gasteiger partial charge in [0.05, 0.1) is 26.9 Å².